The standard InChI is InChI=1S/C28H22ClN3O2/c29-22-13-15-23(16-14-22)30-28(33)32-19-26(20-7-3-1-4-8-20)27(31-32)21-11-17-25(18-12-21)34-24-9-5-2-6-10-24/h1-18,26H,19H2,(H,30,33). The van der Waals surface area contributed by atoms with E-state index in [4.69, 9.17) is 21.4 Å². The van der Waals surface area contributed by atoms with Gasteiger partial charge in [0.25, 0.3) is 0 Å². The molecule has 6 heteroatoms. The second-order valence-electron chi connectivity index (χ2n) is 7.91. The second-order valence-corrected chi connectivity index (χ2v) is 8.34. The summed E-state index contributed by atoms with van der Waals surface area (Å²) >= 11 is 5.95. The summed E-state index contributed by atoms with van der Waals surface area (Å²) in [5, 5.41) is 9.70. The minimum Gasteiger partial charge on any atom is -0.457 e. The van der Waals surface area contributed by atoms with Crippen molar-refractivity contribution in [1.82, 2.24) is 5.01 Å². The van der Waals surface area contributed by atoms with Crippen molar-refractivity contribution >= 4 is 29.0 Å². The van der Waals surface area contributed by atoms with E-state index in [0.717, 1.165) is 28.3 Å². The van der Waals surface area contributed by atoms with Gasteiger partial charge in [-0.05, 0) is 71.8 Å². The van der Waals surface area contributed by atoms with Crippen molar-refractivity contribution in [3.05, 3.63) is 125 Å². The highest BCUT2D eigenvalue weighted by molar-refractivity contribution is 6.30. The van der Waals surface area contributed by atoms with Crippen LogP contribution in [0.2, 0.25) is 5.02 Å². The Morgan fingerprint density at radius 1 is 0.824 bits per heavy atom. The van der Waals surface area contributed by atoms with E-state index >= 15 is 0 Å². The van der Waals surface area contributed by atoms with Crippen LogP contribution in [0.4, 0.5) is 10.5 Å². The first-order valence-corrected chi connectivity index (χ1v) is 11.3. The molecular weight excluding hydrogens is 446 g/mol. The molecule has 0 saturated heterocycles. The molecule has 0 bridgehead atoms. The van der Waals surface area contributed by atoms with Crippen LogP contribution in [0.1, 0.15) is 17.0 Å². The van der Waals surface area contributed by atoms with Gasteiger partial charge in [-0.2, -0.15) is 5.10 Å². The number of amides is 2. The van der Waals surface area contributed by atoms with Crippen LogP contribution in [0.3, 0.4) is 0 Å². The lowest BCUT2D eigenvalue weighted by molar-refractivity contribution is 0.218. The highest BCUT2D eigenvalue weighted by atomic mass is 35.5. The van der Waals surface area contributed by atoms with Gasteiger partial charge in [-0.15, -0.1) is 0 Å². The Labute approximate surface area is 203 Å². The number of halogens is 1. The van der Waals surface area contributed by atoms with E-state index in [2.05, 4.69) is 17.4 Å². The average molecular weight is 468 g/mol. The second kappa shape index (κ2) is 9.81. The van der Waals surface area contributed by atoms with E-state index in [9.17, 15) is 4.79 Å². The zero-order valence-corrected chi connectivity index (χ0v) is 19.0. The van der Waals surface area contributed by atoms with Gasteiger partial charge in [0.15, 0.2) is 0 Å². The van der Waals surface area contributed by atoms with Crippen LogP contribution >= 0.6 is 11.6 Å². The molecule has 34 heavy (non-hydrogen) atoms. The maximum absolute atomic E-state index is 13.0. The van der Waals surface area contributed by atoms with Gasteiger partial charge in [0, 0.05) is 16.6 Å². The summed E-state index contributed by atoms with van der Waals surface area (Å²) in [6, 6.07) is 34.3. The van der Waals surface area contributed by atoms with Crippen molar-refractivity contribution in [2.24, 2.45) is 5.10 Å². The fraction of sp³-hybridized carbons (Fsp3) is 0.0714. The topological polar surface area (TPSA) is 53.9 Å². The Balaban J connectivity index is 1.39. The first kappa shape index (κ1) is 21.7. The van der Waals surface area contributed by atoms with Gasteiger partial charge in [0.2, 0.25) is 0 Å². The summed E-state index contributed by atoms with van der Waals surface area (Å²) in [6.45, 7) is 0.445. The number of anilines is 1. The number of hydrogen-bond donors (Lipinski definition) is 1. The molecule has 1 aliphatic heterocycles. The average Bonchev–Trinajstić information content (AvgIpc) is 3.33. The van der Waals surface area contributed by atoms with Gasteiger partial charge in [-0.25, -0.2) is 9.80 Å². The molecular formula is C28H22ClN3O2. The van der Waals surface area contributed by atoms with E-state index < -0.39 is 0 Å². The largest absolute Gasteiger partial charge is 0.457 e. The van der Waals surface area contributed by atoms with E-state index in [0.29, 0.717) is 17.3 Å². The smallest absolute Gasteiger partial charge is 0.342 e. The predicted molar refractivity (Wildman–Crippen MR) is 136 cm³/mol. The summed E-state index contributed by atoms with van der Waals surface area (Å²) in [7, 11) is 0. The minimum absolute atomic E-state index is 0.0435. The van der Waals surface area contributed by atoms with Gasteiger partial charge in [0.05, 0.1) is 12.3 Å². The molecule has 1 aliphatic rings. The van der Waals surface area contributed by atoms with E-state index in [1.165, 1.54) is 5.01 Å². The van der Waals surface area contributed by atoms with Gasteiger partial charge in [0.1, 0.15) is 11.5 Å². The lowest BCUT2D eigenvalue weighted by atomic mass is 9.90. The molecule has 5 nitrogen and oxygen atoms in total. The van der Waals surface area contributed by atoms with Crippen LogP contribution in [0, 0.1) is 0 Å². The number of para-hydroxylation sites is 1. The van der Waals surface area contributed by atoms with Crippen LogP contribution in [0.25, 0.3) is 0 Å². The van der Waals surface area contributed by atoms with E-state index in [1.807, 2.05) is 72.8 Å². The monoisotopic (exact) mass is 467 g/mol. The van der Waals surface area contributed by atoms with Crippen LogP contribution < -0.4 is 10.1 Å². The van der Waals surface area contributed by atoms with Gasteiger partial charge in [-0.3, -0.25) is 0 Å². The number of nitrogens with one attached hydrogen (secondary N) is 1. The third-order valence-corrected chi connectivity index (χ3v) is 5.83. The first-order chi connectivity index (χ1) is 16.7. The number of carbonyl (C=O) groups is 1. The fourth-order valence-corrected chi connectivity index (χ4v) is 4.00. The van der Waals surface area contributed by atoms with Crippen LogP contribution in [0.5, 0.6) is 11.5 Å². The molecule has 0 fully saturated rings. The Morgan fingerprint density at radius 3 is 2.12 bits per heavy atom. The number of carbonyl (C=O) groups excluding carboxylic acids is 1. The third-order valence-electron chi connectivity index (χ3n) is 5.57. The number of ether oxygens (including phenoxy) is 1. The molecule has 1 N–H and O–H groups in total. The summed E-state index contributed by atoms with van der Waals surface area (Å²) < 4.78 is 5.92. The first-order valence-electron chi connectivity index (χ1n) is 11.0. The number of hydrazone groups is 1. The normalized spacial score (nSPS) is 15.0. The lowest BCUT2D eigenvalue weighted by Crippen LogP contribution is -2.30. The van der Waals surface area contributed by atoms with Crippen LogP contribution in [-0.4, -0.2) is 23.3 Å². The number of urea groups is 1. The SMILES string of the molecule is O=C(Nc1ccc(Cl)cc1)N1CC(c2ccccc2)C(c2ccc(Oc3ccccc3)cc2)=N1. The number of nitrogens with zero attached hydrogens (tertiary/aromatic N) is 2. The Hall–Kier alpha value is -4.09. The van der Waals surface area contributed by atoms with Gasteiger partial charge in [-0.1, -0.05) is 60.1 Å². The van der Waals surface area contributed by atoms with Crippen molar-refractivity contribution < 1.29 is 9.53 Å². The molecule has 0 spiro atoms. The fourth-order valence-electron chi connectivity index (χ4n) is 3.88. The summed E-state index contributed by atoms with van der Waals surface area (Å²) in [5.41, 5.74) is 3.55. The van der Waals surface area contributed by atoms with Crippen LogP contribution in [-0.2, 0) is 0 Å². The molecule has 1 unspecified atom stereocenters. The molecule has 0 aliphatic carbocycles. The summed E-state index contributed by atoms with van der Waals surface area (Å²) in [6.07, 6.45) is 0. The van der Waals surface area contributed by atoms with Crippen molar-refractivity contribution in [3.8, 4) is 11.5 Å². The van der Waals surface area contributed by atoms with E-state index in [-0.39, 0.29) is 11.9 Å². The van der Waals surface area contributed by atoms with Crippen molar-refractivity contribution in [3.63, 3.8) is 0 Å². The molecule has 2 amide bonds. The number of hydrogen-bond acceptors (Lipinski definition) is 3. The molecule has 168 valence electrons. The molecule has 1 atom stereocenters. The van der Waals surface area contributed by atoms with Crippen molar-refractivity contribution in [1.29, 1.82) is 0 Å². The summed E-state index contributed by atoms with van der Waals surface area (Å²) in [5.74, 6) is 1.47. The summed E-state index contributed by atoms with van der Waals surface area (Å²) in [4.78, 5) is 13.0. The Kier molecular flexibility index (Phi) is 6.27. The Morgan fingerprint density at radius 2 is 1.44 bits per heavy atom. The Bertz CT molecular complexity index is 1290. The van der Waals surface area contributed by atoms with E-state index in [1.54, 1.807) is 24.3 Å². The third kappa shape index (κ3) is 4.95. The van der Waals surface area contributed by atoms with Crippen molar-refractivity contribution in [2.75, 3.05) is 11.9 Å². The molecule has 0 aromatic heterocycles. The highest BCUT2D eigenvalue weighted by Gasteiger charge is 2.32. The highest BCUT2D eigenvalue weighted by Crippen LogP contribution is 2.30. The predicted octanol–water partition coefficient (Wildman–Crippen LogP) is 7.17. The zero-order valence-electron chi connectivity index (χ0n) is 18.3. The van der Waals surface area contributed by atoms with Crippen LogP contribution in [0.15, 0.2) is 114 Å². The minimum atomic E-state index is -0.290. The number of benzene rings is 4. The maximum Gasteiger partial charge on any atom is 0.342 e. The molecule has 0 radical (unpaired) electrons. The molecule has 4 aromatic rings. The zero-order chi connectivity index (χ0) is 23.3. The lowest BCUT2D eigenvalue weighted by Gasteiger charge is -2.16. The molecule has 0 saturated carbocycles. The molecule has 5 rings (SSSR count). The van der Waals surface area contributed by atoms with Gasteiger partial charge >= 0.3 is 6.03 Å². The quantitative estimate of drug-likeness (QED) is 0.338. The molecule has 4 aromatic carbocycles. The van der Waals surface area contributed by atoms with Gasteiger partial charge < -0.3 is 10.1 Å². The molecule has 1 heterocycles. The maximum atomic E-state index is 13.0. The van der Waals surface area contributed by atoms with Crippen molar-refractivity contribution in [2.45, 2.75) is 5.92 Å². The number of rotatable bonds is 5.